The van der Waals surface area contributed by atoms with Gasteiger partial charge in [0.2, 0.25) is 11.1 Å². The van der Waals surface area contributed by atoms with E-state index < -0.39 is 0 Å². The molecule has 0 aliphatic heterocycles. The zero-order chi connectivity index (χ0) is 21.3. The molecule has 3 rings (SSSR count). The first-order chi connectivity index (χ1) is 14.6. The molecule has 0 unspecified atom stereocenters. The summed E-state index contributed by atoms with van der Waals surface area (Å²) in [5, 5.41) is 15.2. The minimum Gasteiger partial charge on any atom is -0.496 e. The van der Waals surface area contributed by atoms with Gasteiger partial charge in [-0.25, -0.2) is 10.1 Å². The van der Waals surface area contributed by atoms with Crippen molar-refractivity contribution >= 4 is 35.5 Å². The first kappa shape index (κ1) is 21.0. The molecule has 0 aliphatic rings. The summed E-state index contributed by atoms with van der Waals surface area (Å²) in [6.07, 6.45) is 1.58. The number of hydrogen-bond donors (Lipinski definition) is 3. The number of aromatic nitrogens is 3. The highest BCUT2D eigenvalue weighted by Gasteiger charge is 2.13. The fraction of sp³-hybridized carbons (Fsp3) is 0.158. The van der Waals surface area contributed by atoms with Crippen molar-refractivity contribution in [1.29, 1.82) is 0 Å². The van der Waals surface area contributed by atoms with Gasteiger partial charge in [0.1, 0.15) is 11.5 Å². The Kier molecular flexibility index (Phi) is 7.11. The lowest BCUT2D eigenvalue weighted by molar-refractivity contribution is -0.113. The van der Waals surface area contributed by atoms with Gasteiger partial charge < -0.3 is 20.6 Å². The minimum absolute atomic E-state index is 0.0951. The average molecular weight is 427 g/mol. The quantitative estimate of drug-likeness (QED) is 0.205. The summed E-state index contributed by atoms with van der Waals surface area (Å²) in [5.41, 5.74) is 4.10. The Morgan fingerprint density at radius 1 is 1.13 bits per heavy atom. The number of ether oxygens (including phenoxy) is 2. The highest BCUT2D eigenvalue weighted by Crippen LogP contribution is 2.24. The maximum atomic E-state index is 12.2. The van der Waals surface area contributed by atoms with Crippen molar-refractivity contribution in [2.75, 3.05) is 36.6 Å². The van der Waals surface area contributed by atoms with Crippen LogP contribution in [0.25, 0.3) is 0 Å². The number of carbonyl (C=O) groups excluding carboxylic acids is 1. The highest BCUT2D eigenvalue weighted by atomic mass is 32.2. The zero-order valence-electron chi connectivity index (χ0n) is 16.4. The van der Waals surface area contributed by atoms with Crippen molar-refractivity contribution in [2.24, 2.45) is 5.10 Å². The molecular weight excluding hydrogens is 406 g/mol. The summed E-state index contributed by atoms with van der Waals surface area (Å²) < 4.78 is 11.7. The molecule has 1 amide bonds. The molecule has 0 saturated carbocycles. The monoisotopic (exact) mass is 427 g/mol. The van der Waals surface area contributed by atoms with E-state index in [0.29, 0.717) is 22.3 Å². The summed E-state index contributed by atoms with van der Waals surface area (Å²) in [6.45, 7) is 0. The van der Waals surface area contributed by atoms with Crippen molar-refractivity contribution in [2.45, 2.75) is 5.16 Å². The number of rotatable bonds is 9. The third-order valence-electron chi connectivity index (χ3n) is 3.89. The number of hydrogen-bond acceptors (Lipinski definition) is 9. The van der Waals surface area contributed by atoms with Gasteiger partial charge in [-0.05, 0) is 24.3 Å². The lowest BCUT2D eigenvalue weighted by Gasteiger charge is -2.09. The second kappa shape index (κ2) is 10.2. The standard InChI is InChI=1S/C19H21N7O3S/c1-28-15-9-5-3-7-13(15)11-21-23-18-24-25-19(26(18)20)30-12-17(27)22-14-8-4-6-10-16(14)29-2/h3-11H,12,20H2,1-2H3,(H,22,27)(H,23,24)/b21-11+. The van der Waals surface area contributed by atoms with E-state index in [1.807, 2.05) is 36.4 Å². The number of anilines is 2. The second-order valence-electron chi connectivity index (χ2n) is 5.83. The normalized spacial score (nSPS) is 10.7. The van der Waals surface area contributed by atoms with Gasteiger partial charge in [-0.15, -0.1) is 10.2 Å². The van der Waals surface area contributed by atoms with Gasteiger partial charge in [-0.2, -0.15) is 5.10 Å². The summed E-state index contributed by atoms with van der Waals surface area (Å²) in [5.74, 6) is 7.35. The topological polar surface area (TPSA) is 129 Å². The van der Waals surface area contributed by atoms with Crippen LogP contribution in [0.1, 0.15) is 5.56 Å². The molecule has 0 atom stereocenters. The molecule has 0 fully saturated rings. The van der Waals surface area contributed by atoms with Gasteiger partial charge in [0.15, 0.2) is 0 Å². The highest BCUT2D eigenvalue weighted by molar-refractivity contribution is 7.99. The number of methoxy groups -OCH3 is 2. The van der Waals surface area contributed by atoms with Crippen LogP contribution in [0.15, 0.2) is 58.8 Å². The van der Waals surface area contributed by atoms with Gasteiger partial charge in [0.25, 0.3) is 5.95 Å². The van der Waals surface area contributed by atoms with Gasteiger partial charge >= 0.3 is 0 Å². The molecule has 10 nitrogen and oxygen atoms in total. The Morgan fingerprint density at radius 3 is 2.60 bits per heavy atom. The molecule has 0 spiro atoms. The minimum atomic E-state index is -0.226. The third kappa shape index (κ3) is 5.20. The number of nitrogens with zero attached hydrogens (tertiary/aromatic N) is 4. The summed E-state index contributed by atoms with van der Waals surface area (Å²) >= 11 is 1.14. The molecule has 0 bridgehead atoms. The van der Waals surface area contributed by atoms with Crippen LogP contribution >= 0.6 is 11.8 Å². The van der Waals surface area contributed by atoms with E-state index in [4.69, 9.17) is 15.3 Å². The average Bonchev–Trinajstić information content (AvgIpc) is 3.12. The van der Waals surface area contributed by atoms with Crippen molar-refractivity contribution < 1.29 is 14.3 Å². The van der Waals surface area contributed by atoms with Crippen molar-refractivity contribution in [3.8, 4) is 11.5 Å². The summed E-state index contributed by atoms with van der Waals surface area (Å²) in [4.78, 5) is 12.2. The SMILES string of the molecule is COc1ccccc1/C=N/Nc1nnc(SCC(=O)Nc2ccccc2OC)n1N. The van der Waals surface area contributed by atoms with Crippen LogP contribution in [-0.2, 0) is 4.79 Å². The molecule has 0 aliphatic carbocycles. The zero-order valence-corrected chi connectivity index (χ0v) is 17.2. The molecule has 3 aromatic rings. The Balaban J connectivity index is 1.56. The van der Waals surface area contributed by atoms with Crippen LogP contribution in [0, 0.1) is 0 Å². The van der Waals surface area contributed by atoms with Gasteiger partial charge in [0, 0.05) is 5.56 Å². The molecule has 4 N–H and O–H groups in total. The Hall–Kier alpha value is -3.73. The van der Waals surface area contributed by atoms with Crippen molar-refractivity contribution in [3.63, 3.8) is 0 Å². The molecule has 1 heterocycles. The van der Waals surface area contributed by atoms with Gasteiger partial charge in [-0.3, -0.25) is 4.79 Å². The fourth-order valence-corrected chi connectivity index (χ4v) is 3.11. The van der Waals surface area contributed by atoms with E-state index in [0.717, 1.165) is 17.3 Å². The fourth-order valence-electron chi connectivity index (χ4n) is 2.45. The maximum Gasteiger partial charge on any atom is 0.264 e. The number of hydrazone groups is 1. The van der Waals surface area contributed by atoms with Crippen LogP contribution in [0.2, 0.25) is 0 Å². The van der Waals surface area contributed by atoms with Crippen LogP contribution < -0.4 is 26.1 Å². The van der Waals surface area contributed by atoms with Crippen LogP contribution in [0.3, 0.4) is 0 Å². The number of nitrogens with two attached hydrogens (primary N) is 1. The number of thioether (sulfide) groups is 1. The second-order valence-corrected chi connectivity index (χ2v) is 6.77. The molecule has 156 valence electrons. The van der Waals surface area contributed by atoms with Gasteiger partial charge in [-0.1, -0.05) is 36.0 Å². The predicted molar refractivity (Wildman–Crippen MR) is 117 cm³/mol. The smallest absolute Gasteiger partial charge is 0.264 e. The lowest BCUT2D eigenvalue weighted by atomic mass is 10.2. The Bertz CT molecular complexity index is 1040. The first-order valence-corrected chi connectivity index (χ1v) is 9.79. The number of nitrogen functional groups attached to an aromatic ring is 1. The molecule has 11 heteroatoms. The number of nitrogens with one attached hydrogen (secondary N) is 2. The number of amides is 1. The van der Waals surface area contributed by atoms with Crippen LogP contribution in [-0.4, -0.2) is 47.0 Å². The molecule has 2 aromatic carbocycles. The largest absolute Gasteiger partial charge is 0.496 e. The lowest BCUT2D eigenvalue weighted by Crippen LogP contribution is -2.17. The van der Waals surface area contributed by atoms with Gasteiger partial charge in [0.05, 0.1) is 31.9 Å². The summed E-state index contributed by atoms with van der Waals surface area (Å²) in [6, 6.07) is 14.6. The van der Waals surface area contributed by atoms with E-state index in [1.54, 1.807) is 32.6 Å². The Labute approximate surface area is 177 Å². The van der Waals surface area contributed by atoms with Crippen molar-refractivity contribution in [3.05, 3.63) is 54.1 Å². The van der Waals surface area contributed by atoms with Crippen LogP contribution in [0.4, 0.5) is 11.6 Å². The van der Waals surface area contributed by atoms with E-state index in [9.17, 15) is 4.79 Å². The molecule has 0 radical (unpaired) electrons. The number of para-hydroxylation sites is 3. The van der Waals surface area contributed by atoms with E-state index >= 15 is 0 Å². The number of benzene rings is 2. The third-order valence-corrected chi connectivity index (χ3v) is 4.83. The van der Waals surface area contributed by atoms with Crippen LogP contribution in [0.5, 0.6) is 11.5 Å². The molecular formula is C19H21N7O3S. The van der Waals surface area contributed by atoms with E-state index in [-0.39, 0.29) is 17.6 Å². The van der Waals surface area contributed by atoms with Crippen molar-refractivity contribution in [1.82, 2.24) is 14.9 Å². The predicted octanol–water partition coefficient (Wildman–Crippen LogP) is 2.19. The maximum absolute atomic E-state index is 12.2. The number of carbonyl (C=O) groups is 1. The van der Waals surface area contributed by atoms with E-state index in [2.05, 4.69) is 26.0 Å². The molecule has 30 heavy (non-hydrogen) atoms. The molecule has 1 aromatic heterocycles. The Morgan fingerprint density at radius 2 is 1.83 bits per heavy atom. The van der Waals surface area contributed by atoms with E-state index in [1.165, 1.54) is 4.68 Å². The molecule has 0 saturated heterocycles. The summed E-state index contributed by atoms with van der Waals surface area (Å²) in [7, 11) is 3.13. The first-order valence-electron chi connectivity index (χ1n) is 8.80.